The molecule has 0 aliphatic rings. The highest BCUT2D eigenvalue weighted by molar-refractivity contribution is 7.99. The lowest BCUT2D eigenvalue weighted by molar-refractivity contribution is -0.113. The van der Waals surface area contributed by atoms with Crippen LogP contribution in [0.1, 0.15) is 5.56 Å². The van der Waals surface area contributed by atoms with Crippen molar-refractivity contribution in [2.45, 2.75) is 12.1 Å². The van der Waals surface area contributed by atoms with Crippen LogP contribution in [0.15, 0.2) is 52.1 Å². The number of nitrogens with one attached hydrogen (secondary N) is 1. The lowest BCUT2D eigenvalue weighted by Crippen LogP contribution is -2.14. The predicted octanol–water partition coefficient (Wildman–Crippen LogP) is 5.08. The van der Waals surface area contributed by atoms with Crippen LogP contribution in [0.5, 0.6) is 0 Å². The molecule has 2 aromatic carbocycles. The van der Waals surface area contributed by atoms with Gasteiger partial charge in [0.2, 0.25) is 11.8 Å². The monoisotopic (exact) mass is 393 g/mol. The van der Waals surface area contributed by atoms with Gasteiger partial charge in [0.05, 0.1) is 16.5 Å². The van der Waals surface area contributed by atoms with E-state index >= 15 is 0 Å². The van der Waals surface area contributed by atoms with Crippen LogP contribution >= 0.6 is 35.0 Å². The van der Waals surface area contributed by atoms with Crippen LogP contribution in [0.25, 0.3) is 11.5 Å². The van der Waals surface area contributed by atoms with E-state index in [2.05, 4.69) is 15.5 Å². The Kier molecular flexibility index (Phi) is 5.63. The number of carbonyl (C=O) groups excluding carboxylic acids is 1. The molecule has 128 valence electrons. The van der Waals surface area contributed by atoms with Crippen molar-refractivity contribution in [2.75, 3.05) is 11.1 Å². The number of hydrogen-bond acceptors (Lipinski definition) is 5. The summed E-state index contributed by atoms with van der Waals surface area (Å²) >= 11 is 13.1. The largest absolute Gasteiger partial charge is 0.411 e. The first-order valence-electron chi connectivity index (χ1n) is 7.29. The number of thioether (sulfide) groups is 1. The van der Waals surface area contributed by atoms with Crippen molar-refractivity contribution in [3.8, 4) is 11.5 Å². The summed E-state index contributed by atoms with van der Waals surface area (Å²) in [6.07, 6.45) is 0. The Morgan fingerprint density at radius 2 is 1.92 bits per heavy atom. The molecular weight excluding hydrogens is 381 g/mol. The van der Waals surface area contributed by atoms with Crippen molar-refractivity contribution in [1.82, 2.24) is 10.2 Å². The van der Waals surface area contributed by atoms with Crippen molar-refractivity contribution in [1.29, 1.82) is 0 Å². The zero-order chi connectivity index (χ0) is 17.8. The Hall–Kier alpha value is -2.02. The molecule has 8 heteroatoms. The van der Waals surface area contributed by atoms with E-state index in [0.717, 1.165) is 22.9 Å². The average molecular weight is 394 g/mol. The van der Waals surface area contributed by atoms with Gasteiger partial charge in [0.25, 0.3) is 5.22 Å². The maximum absolute atomic E-state index is 12.0. The van der Waals surface area contributed by atoms with Gasteiger partial charge in [-0.1, -0.05) is 41.0 Å². The van der Waals surface area contributed by atoms with Crippen molar-refractivity contribution >= 4 is 46.6 Å². The Morgan fingerprint density at radius 1 is 1.16 bits per heavy atom. The van der Waals surface area contributed by atoms with E-state index in [9.17, 15) is 4.79 Å². The zero-order valence-corrected chi connectivity index (χ0v) is 15.5. The normalized spacial score (nSPS) is 10.7. The van der Waals surface area contributed by atoms with E-state index in [0.29, 0.717) is 26.8 Å². The first-order chi connectivity index (χ1) is 12.0. The number of benzene rings is 2. The number of halogens is 2. The quantitative estimate of drug-likeness (QED) is 0.611. The van der Waals surface area contributed by atoms with Crippen LogP contribution in [0.3, 0.4) is 0 Å². The fraction of sp³-hybridized carbons (Fsp3) is 0.118. The highest BCUT2D eigenvalue weighted by Gasteiger charge is 2.12. The molecule has 0 aliphatic heterocycles. The Morgan fingerprint density at radius 3 is 2.64 bits per heavy atom. The van der Waals surface area contributed by atoms with Gasteiger partial charge in [0.15, 0.2) is 0 Å². The van der Waals surface area contributed by atoms with Crippen LogP contribution in [0.4, 0.5) is 5.69 Å². The third kappa shape index (κ3) is 4.75. The third-order valence-corrected chi connectivity index (χ3v) is 4.61. The number of amides is 1. The van der Waals surface area contributed by atoms with Gasteiger partial charge in [-0.25, -0.2) is 0 Å². The summed E-state index contributed by atoms with van der Waals surface area (Å²) < 4.78 is 5.54. The highest BCUT2D eigenvalue weighted by atomic mass is 35.5. The Balaban J connectivity index is 1.58. The number of hydrogen-bond donors (Lipinski definition) is 1. The summed E-state index contributed by atoms with van der Waals surface area (Å²) in [5.41, 5.74) is 2.36. The highest BCUT2D eigenvalue weighted by Crippen LogP contribution is 2.26. The number of carbonyl (C=O) groups is 1. The molecule has 0 unspecified atom stereocenters. The minimum atomic E-state index is -0.206. The molecule has 25 heavy (non-hydrogen) atoms. The number of aryl methyl sites for hydroxylation is 1. The molecule has 3 rings (SSSR count). The molecule has 5 nitrogen and oxygen atoms in total. The van der Waals surface area contributed by atoms with Crippen LogP contribution in [-0.2, 0) is 4.79 Å². The summed E-state index contributed by atoms with van der Waals surface area (Å²) in [4.78, 5) is 12.0. The lowest BCUT2D eigenvalue weighted by Gasteiger charge is -2.06. The minimum Gasteiger partial charge on any atom is -0.411 e. The Labute approximate surface area is 158 Å². The molecule has 1 amide bonds. The number of aromatic nitrogens is 2. The molecule has 0 spiro atoms. The van der Waals surface area contributed by atoms with Crippen LogP contribution in [-0.4, -0.2) is 21.9 Å². The van der Waals surface area contributed by atoms with Crippen molar-refractivity contribution in [3.63, 3.8) is 0 Å². The van der Waals surface area contributed by atoms with E-state index < -0.39 is 0 Å². The fourth-order valence-electron chi connectivity index (χ4n) is 2.01. The molecule has 3 aromatic rings. The first kappa shape index (κ1) is 17.8. The maximum atomic E-state index is 12.0. The van der Waals surface area contributed by atoms with Crippen molar-refractivity contribution in [2.24, 2.45) is 0 Å². The van der Waals surface area contributed by atoms with E-state index in [1.165, 1.54) is 0 Å². The second kappa shape index (κ2) is 7.91. The van der Waals surface area contributed by atoms with E-state index in [1.54, 1.807) is 36.4 Å². The molecule has 1 N–H and O–H groups in total. The smallest absolute Gasteiger partial charge is 0.277 e. The summed E-state index contributed by atoms with van der Waals surface area (Å²) in [7, 11) is 0. The summed E-state index contributed by atoms with van der Waals surface area (Å²) in [6.45, 7) is 1.93. The van der Waals surface area contributed by atoms with E-state index in [4.69, 9.17) is 27.6 Å². The zero-order valence-electron chi connectivity index (χ0n) is 13.1. The van der Waals surface area contributed by atoms with Gasteiger partial charge >= 0.3 is 0 Å². The number of rotatable bonds is 5. The van der Waals surface area contributed by atoms with Crippen molar-refractivity contribution in [3.05, 3.63) is 58.1 Å². The second-order valence-corrected chi connectivity index (χ2v) is 6.97. The van der Waals surface area contributed by atoms with E-state index in [1.807, 2.05) is 13.0 Å². The lowest BCUT2D eigenvalue weighted by atomic mass is 10.2. The summed E-state index contributed by atoms with van der Waals surface area (Å²) in [5.74, 6) is 0.301. The van der Waals surface area contributed by atoms with Gasteiger partial charge in [-0.05, 0) is 48.9 Å². The standard InChI is InChI=1S/C17H13Cl2N3O2S/c1-10-2-7-14(13(19)8-10)20-15(23)9-25-17-22-21-16(24-17)11-3-5-12(18)6-4-11/h2-8H,9H2,1H3,(H,20,23). The van der Waals surface area contributed by atoms with Crippen LogP contribution in [0, 0.1) is 6.92 Å². The molecule has 0 saturated carbocycles. The number of anilines is 1. The van der Waals surface area contributed by atoms with Gasteiger partial charge in [-0.3, -0.25) is 4.79 Å². The van der Waals surface area contributed by atoms with Gasteiger partial charge in [-0.2, -0.15) is 0 Å². The topological polar surface area (TPSA) is 68.0 Å². The fourth-order valence-corrected chi connectivity index (χ4v) is 2.98. The van der Waals surface area contributed by atoms with E-state index in [-0.39, 0.29) is 11.7 Å². The van der Waals surface area contributed by atoms with Gasteiger partial charge in [-0.15, -0.1) is 10.2 Å². The molecule has 0 bridgehead atoms. The molecular formula is C17H13Cl2N3O2S. The number of nitrogens with zero attached hydrogens (tertiary/aromatic N) is 2. The molecule has 0 atom stereocenters. The van der Waals surface area contributed by atoms with Gasteiger partial charge in [0, 0.05) is 10.6 Å². The molecule has 1 aromatic heterocycles. The minimum absolute atomic E-state index is 0.131. The summed E-state index contributed by atoms with van der Waals surface area (Å²) in [6, 6.07) is 12.5. The third-order valence-electron chi connectivity index (χ3n) is 3.22. The first-order valence-corrected chi connectivity index (χ1v) is 9.03. The second-order valence-electron chi connectivity index (χ2n) is 5.20. The van der Waals surface area contributed by atoms with Crippen molar-refractivity contribution < 1.29 is 9.21 Å². The SMILES string of the molecule is Cc1ccc(NC(=O)CSc2nnc(-c3ccc(Cl)cc3)o2)c(Cl)c1. The summed E-state index contributed by atoms with van der Waals surface area (Å²) in [5, 5.41) is 12.1. The van der Waals surface area contributed by atoms with Crippen LogP contribution < -0.4 is 5.32 Å². The van der Waals surface area contributed by atoms with Crippen LogP contribution in [0.2, 0.25) is 10.0 Å². The maximum Gasteiger partial charge on any atom is 0.277 e. The molecule has 0 saturated heterocycles. The molecule has 0 fully saturated rings. The molecule has 0 radical (unpaired) electrons. The predicted molar refractivity (Wildman–Crippen MR) is 100 cm³/mol. The van der Waals surface area contributed by atoms with Gasteiger partial charge < -0.3 is 9.73 Å². The van der Waals surface area contributed by atoms with Gasteiger partial charge in [0.1, 0.15) is 0 Å². The molecule has 0 aliphatic carbocycles. The average Bonchev–Trinajstić information content (AvgIpc) is 3.05. The Bertz CT molecular complexity index is 897. The molecule has 1 heterocycles.